The van der Waals surface area contributed by atoms with Crippen LogP contribution in [0.4, 0.5) is 0 Å². The maximum atomic E-state index is 5.65. The van der Waals surface area contributed by atoms with Crippen molar-refractivity contribution in [2.75, 3.05) is 7.11 Å². The van der Waals surface area contributed by atoms with Crippen LogP contribution in [0.5, 0.6) is 5.75 Å². The molecule has 0 bridgehead atoms. The Bertz CT molecular complexity index is 535. The fourth-order valence-electron chi connectivity index (χ4n) is 2.11. The highest BCUT2D eigenvalue weighted by Gasteiger charge is 2.18. The molecule has 0 saturated carbocycles. The van der Waals surface area contributed by atoms with Crippen molar-refractivity contribution < 1.29 is 4.74 Å². The van der Waals surface area contributed by atoms with Crippen molar-refractivity contribution in [3.05, 3.63) is 40.1 Å². The first-order valence-electron chi connectivity index (χ1n) is 6.29. The van der Waals surface area contributed by atoms with Crippen molar-refractivity contribution in [2.45, 2.75) is 18.9 Å². The number of methoxy groups -OCH3 is 1. The lowest BCUT2D eigenvalue weighted by atomic mass is 10.0. The van der Waals surface area contributed by atoms with Crippen LogP contribution in [0.2, 0.25) is 0 Å². The van der Waals surface area contributed by atoms with Gasteiger partial charge in [-0.15, -0.1) is 5.10 Å². The van der Waals surface area contributed by atoms with Crippen molar-refractivity contribution in [3.63, 3.8) is 0 Å². The number of nitrogens with one attached hydrogen (secondary N) is 1. The Labute approximate surface area is 126 Å². The molecule has 1 atom stereocenters. The van der Waals surface area contributed by atoms with Gasteiger partial charge in [0.25, 0.3) is 0 Å². The highest BCUT2D eigenvalue weighted by atomic mass is 79.9. The molecule has 1 aromatic carbocycles. The molecule has 3 N–H and O–H groups in total. The summed E-state index contributed by atoms with van der Waals surface area (Å²) in [6, 6.07) is 8.03. The van der Waals surface area contributed by atoms with Gasteiger partial charge in [0.05, 0.1) is 18.8 Å². The Morgan fingerprint density at radius 2 is 2.10 bits per heavy atom. The van der Waals surface area contributed by atoms with Crippen LogP contribution in [0.1, 0.15) is 23.7 Å². The van der Waals surface area contributed by atoms with Gasteiger partial charge in [0.1, 0.15) is 5.75 Å². The molecular formula is C13H18BrN5O. The quantitative estimate of drug-likeness (QED) is 0.619. The van der Waals surface area contributed by atoms with Gasteiger partial charge >= 0.3 is 0 Å². The number of hydrogen-bond donors (Lipinski definition) is 2. The highest BCUT2D eigenvalue weighted by Crippen LogP contribution is 2.24. The summed E-state index contributed by atoms with van der Waals surface area (Å²) in [5.74, 6) is 6.51. The fourth-order valence-corrected chi connectivity index (χ4v) is 2.71. The monoisotopic (exact) mass is 339 g/mol. The van der Waals surface area contributed by atoms with E-state index in [-0.39, 0.29) is 6.04 Å². The number of aryl methyl sites for hydroxylation is 2. The van der Waals surface area contributed by atoms with Crippen molar-refractivity contribution in [1.82, 2.24) is 20.4 Å². The third-order valence-corrected chi connectivity index (χ3v) is 3.80. The number of benzene rings is 1. The lowest BCUT2D eigenvalue weighted by Crippen LogP contribution is -2.30. The molecule has 0 aliphatic rings. The highest BCUT2D eigenvalue weighted by molar-refractivity contribution is 9.10. The molecule has 0 amide bonds. The Morgan fingerprint density at radius 1 is 1.40 bits per heavy atom. The van der Waals surface area contributed by atoms with Crippen LogP contribution in [0.3, 0.4) is 0 Å². The number of rotatable bonds is 6. The number of nitrogens with zero attached hydrogens (tertiary/aromatic N) is 3. The molecule has 1 aromatic heterocycles. The largest absolute Gasteiger partial charge is 0.497 e. The van der Waals surface area contributed by atoms with E-state index >= 15 is 0 Å². The summed E-state index contributed by atoms with van der Waals surface area (Å²) >= 11 is 3.40. The van der Waals surface area contributed by atoms with E-state index < -0.39 is 0 Å². The van der Waals surface area contributed by atoms with Gasteiger partial charge in [0.15, 0.2) is 4.60 Å². The zero-order chi connectivity index (χ0) is 14.5. The Kier molecular flexibility index (Phi) is 5.11. The Hall–Kier alpha value is -1.44. The predicted molar refractivity (Wildman–Crippen MR) is 80.1 cm³/mol. The lowest BCUT2D eigenvalue weighted by Gasteiger charge is -2.16. The molecule has 0 saturated heterocycles. The minimum Gasteiger partial charge on any atom is -0.497 e. The molecule has 0 aliphatic heterocycles. The molecular weight excluding hydrogens is 322 g/mol. The normalized spacial score (nSPS) is 12.4. The average Bonchev–Trinajstić information content (AvgIpc) is 2.81. The second-order valence-electron chi connectivity index (χ2n) is 4.50. The first-order chi connectivity index (χ1) is 9.65. The molecule has 2 rings (SSSR count). The van der Waals surface area contributed by atoms with Crippen LogP contribution in [-0.2, 0) is 13.5 Å². The topological polar surface area (TPSA) is 78.0 Å². The lowest BCUT2D eigenvalue weighted by molar-refractivity contribution is 0.414. The Balaban J connectivity index is 2.03. The second kappa shape index (κ2) is 6.83. The molecule has 1 unspecified atom stereocenters. The van der Waals surface area contributed by atoms with E-state index in [9.17, 15) is 0 Å². The van der Waals surface area contributed by atoms with E-state index in [1.165, 1.54) is 5.56 Å². The number of hydrogen-bond acceptors (Lipinski definition) is 5. The molecule has 0 fully saturated rings. The Morgan fingerprint density at radius 3 is 2.60 bits per heavy atom. The summed E-state index contributed by atoms with van der Waals surface area (Å²) in [5.41, 5.74) is 5.00. The number of aromatic nitrogens is 3. The van der Waals surface area contributed by atoms with Crippen LogP contribution in [0.15, 0.2) is 28.9 Å². The van der Waals surface area contributed by atoms with Gasteiger partial charge in [-0.05, 0) is 46.5 Å². The molecule has 0 radical (unpaired) electrons. The van der Waals surface area contributed by atoms with Crippen LogP contribution in [-0.4, -0.2) is 22.1 Å². The van der Waals surface area contributed by atoms with Gasteiger partial charge in [0, 0.05) is 7.05 Å². The maximum absolute atomic E-state index is 5.65. The van der Waals surface area contributed by atoms with Crippen LogP contribution in [0.25, 0.3) is 0 Å². The van der Waals surface area contributed by atoms with Crippen molar-refractivity contribution in [2.24, 2.45) is 12.9 Å². The molecule has 7 heteroatoms. The first-order valence-corrected chi connectivity index (χ1v) is 7.09. The number of nitrogens with two attached hydrogens (primary N) is 1. The standard InChI is InChI=1S/C13H18BrN5O/c1-19-12(13(14)17-18-19)11(16-15)8-5-9-3-6-10(20-2)7-4-9/h3-4,6-7,11,16H,5,8,15H2,1-2H3. The number of ether oxygens (including phenoxy) is 1. The molecule has 0 aliphatic carbocycles. The van der Waals surface area contributed by atoms with E-state index in [4.69, 9.17) is 10.6 Å². The minimum absolute atomic E-state index is 0.00789. The molecule has 2 aromatic rings. The third kappa shape index (κ3) is 3.36. The van der Waals surface area contributed by atoms with E-state index in [2.05, 4.69) is 43.8 Å². The third-order valence-electron chi connectivity index (χ3n) is 3.24. The SMILES string of the molecule is COc1ccc(CCC(NN)c2c(Br)nnn2C)cc1. The molecule has 6 nitrogen and oxygen atoms in total. The van der Waals surface area contributed by atoms with Gasteiger partial charge in [-0.1, -0.05) is 17.3 Å². The minimum atomic E-state index is -0.00789. The second-order valence-corrected chi connectivity index (χ2v) is 5.25. The number of halogens is 1. The van der Waals surface area contributed by atoms with Gasteiger partial charge in [-0.2, -0.15) is 0 Å². The van der Waals surface area contributed by atoms with Crippen molar-refractivity contribution in [1.29, 1.82) is 0 Å². The van der Waals surface area contributed by atoms with E-state index in [0.717, 1.165) is 28.9 Å². The summed E-state index contributed by atoms with van der Waals surface area (Å²) in [5, 5.41) is 7.95. The molecule has 108 valence electrons. The van der Waals surface area contributed by atoms with Crippen LogP contribution in [0, 0.1) is 0 Å². The van der Waals surface area contributed by atoms with Gasteiger partial charge in [-0.3, -0.25) is 11.3 Å². The summed E-state index contributed by atoms with van der Waals surface area (Å²) in [4.78, 5) is 0. The average molecular weight is 340 g/mol. The zero-order valence-corrected chi connectivity index (χ0v) is 13.1. The van der Waals surface area contributed by atoms with Gasteiger partial charge in [0.2, 0.25) is 0 Å². The summed E-state index contributed by atoms with van der Waals surface area (Å²) in [6.45, 7) is 0. The summed E-state index contributed by atoms with van der Waals surface area (Å²) in [6.07, 6.45) is 1.75. The first kappa shape index (κ1) is 15.0. The van der Waals surface area contributed by atoms with E-state index in [1.807, 2.05) is 19.2 Å². The van der Waals surface area contributed by atoms with Crippen molar-refractivity contribution >= 4 is 15.9 Å². The predicted octanol–water partition coefficient (Wildman–Crippen LogP) is 1.72. The zero-order valence-electron chi connectivity index (χ0n) is 11.5. The summed E-state index contributed by atoms with van der Waals surface area (Å²) in [7, 11) is 3.52. The van der Waals surface area contributed by atoms with Gasteiger partial charge < -0.3 is 4.74 Å². The smallest absolute Gasteiger partial charge is 0.153 e. The molecule has 0 spiro atoms. The van der Waals surface area contributed by atoms with Crippen LogP contribution < -0.4 is 16.0 Å². The number of hydrazine groups is 1. The maximum Gasteiger partial charge on any atom is 0.153 e. The summed E-state index contributed by atoms with van der Waals surface area (Å²) < 4.78 is 7.59. The van der Waals surface area contributed by atoms with Gasteiger partial charge in [-0.25, -0.2) is 4.68 Å². The van der Waals surface area contributed by atoms with E-state index in [0.29, 0.717) is 0 Å². The van der Waals surface area contributed by atoms with Crippen molar-refractivity contribution in [3.8, 4) is 5.75 Å². The molecule has 1 heterocycles. The molecule has 20 heavy (non-hydrogen) atoms. The van der Waals surface area contributed by atoms with E-state index in [1.54, 1.807) is 11.8 Å². The van der Waals surface area contributed by atoms with Crippen LogP contribution >= 0.6 is 15.9 Å². The fraction of sp³-hybridized carbons (Fsp3) is 0.385.